The summed E-state index contributed by atoms with van der Waals surface area (Å²) >= 11 is 0. The number of nitro benzene ring substituents is 1. The molecule has 0 fully saturated rings. The Kier molecular flexibility index (Phi) is 3.97. The van der Waals surface area contributed by atoms with Gasteiger partial charge >= 0.3 is 5.97 Å². The first kappa shape index (κ1) is 14.6. The van der Waals surface area contributed by atoms with Crippen LogP contribution in [0.1, 0.15) is 23.2 Å². The highest BCUT2D eigenvalue weighted by molar-refractivity contribution is 5.88. The third kappa shape index (κ3) is 2.88. The van der Waals surface area contributed by atoms with E-state index in [4.69, 9.17) is 9.15 Å². The summed E-state index contributed by atoms with van der Waals surface area (Å²) in [6.07, 6.45) is 0. The maximum absolute atomic E-state index is 13.3. The molecule has 0 amide bonds. The lowest BCUT2D eigenvalue weighted by atomic mass is 10.2. The van der Waals surface area contributed by atoms with Gasteiger partial charge in [-0.2, -0.15) is 0 Å². The molecule has 0 aliphatic rings. The lowest BCUT2D eigenvalue weighted by Crippen LogP contribution is -2.04. The normalized spacial score (nSPS) is 10.4. The highest BCUT2D eigenvalue weighted by atomic mass is 19.1. The summed E-state index contributed by atoms with van der Waals surface area (Å²) in [5, 5.41) is 11.0. The molecule has 2 aromatic rings. The molecule has 1 aromatic heterocycles. The second-order valence-electron chi connectivity index (χ2n) is 4.07. The number of esters is 1. The third-order valence-electron chi connectivity index (χ3n) is 2.64. The number of nitro groups is 1. The van der Waals surface area contributed by atoms with Crippen molar-refractivity contribution in [2.75, 3.05) is 6.61 Å². The summed E-state index contributed by atoms with van der Waals surface area (Å²) in [6.45, 7) is 3.26. The fourth-order valence-electron chi connectivity index (χ4n) is 1.74. The van der Waals surface area contributed by atoms with Crippen LogP contribution in [0.2, 0.25) is 0 Å². The molecule has 0 aliphatic carbocycles. The van der Waals surface area contributed by atoms with E-state index in [0.717, 1.165) is 18.2 Å². The number of nitrogens with zero attached hydrogens (tertiary/aromatic N) is 2. The van der Waals surface area contributed by atoms with E-state index in [9.17, 15) is 19.3 Å². The number of rotatable bonds is 4. The number of benzene rings is 1. The Morgan fingerprint density at radius 1 is 1.52 bits per heavy atom. The molecule has 1 heterocycles. The van der Waals surface area contributed by atoms with E-state index in [1.54, 1.807) is 6.92 Å². The molecule has 21 heavy (non-hydrogen) atoms. The molecule has 0 saturated heterocycles. The molecule has 0 bridgehead atoms. The van der Waals surface area contributed by atoms with Gasteiger partial charge in [-0.3, -0.25) is 10.1 Å². The Hall–Kier alpha value is -2.77. The van der Waals surface area contributed by atoms with Crippen molar-refractivity contribution < 1.29 is 23.3 Å². The predicted molar refractivity (Wildman–Crippen MR) is 69.2 cm³/mol. The highest BCUT2D eigenvalue weighted by Gasteiger charge is 2.24. The minimum atomic E-state index is -0.729. The number of ether oxygens (including phenoxy) is 1. The smallest absolute Gasteiger partial charge is 0.376 e. The average molecular weight is 294 g/mol. The first-order valence-electron chi connectivity index (χ1n) is 6.03. The molecule has 0 atom stereocenters. The first-order valence-corrected chi connectivity index (χ1v) is 6.03. The molecule has 1 aromatic carbocycles. The fraction of sp³-hybridized carbons (Fsp3) is 0.231. The van der Waals surface area contributed by atoms with Crippen LogP contribution in [0.15, 0.2) is 22.6 Å². The molecule has 0 N–H and O–H groups in total. The van der Waals surface area contributed by atoms with Gasteiger partial charge in [0.1, 0.15) is 11.4 Å². The number of aryl methyl sites for hydroxylation is 1. The molecular weight excluding hydrogens is 283 g/mol. The van der Waals surface area contributed by atoms with Crippen molar-refractivity contribution in [3.05, 3.63) is 45.6 Å². The zero-order chi connectivity index (χ0) is 15.6. The number of halogens is 1. The maximum atomic E-state index is 13.3. The molecule has 0 spiro atoms. The lowest BCUT2D eigenvalue weighted by molar-refractivity contribution is -0.384. The van der Waals surface area contributed by atoms with Crippen LogP contribution in [-0.4, -0.2) is 22.5 Å². The van der Waals surface area contributed by atoms with Gasteiger partial charge in [-0.1, -0.05) is 0 Å². The summed E-state index contributed by atoms with van der Waals surface area (Å²) < 4.78 is 23.3. The summed E-state index contributed by atoms with van der Waals surface area (Å²) in [7, 11) is 0. The Labute approximate surface area is 118 Å². The number of hydrogen-bond acceptors (Lipinski definition) is 6. The van der Waals surface area contributed by atoms with Crippen LogP contribution in [0, 0.1) is 22.9 Å². The minimum Gasteiger partial charge on any atom is -0.460 e. The van der Waals surface area contributed by atoms with Crippen molar-refractivity contribution >= 4 is 11.7 Å². The second kappa shape index (κ2) is 5.70. The zero-order valence-electron chi connectivity index (χ0n) is 11.3. The number of aromatic nitrogens is 1. The predicted octanol–water partition coefficient (Wildman–Crippen LogP) is 2.87. The van der Waals surface area contributed by atoms with Crippen LogP contribution in [-0.2, 0) is 4.74 Å². The Morgan fingerprint density at radius 3 is 2.86 bits per heavy atom. The van der Waals surface area contributed by atoms with Gasteiger partial charge in [0, 0.05) is 6.07 Å². The van der Waals surface area contributed by atoms with E-state index in [2.05, 4.69) is 4.98 Å². The van der Waals surface area contributed by atoms with Crippen LogP contribution in [0.3, 0.4) is 0 Å². The molecule has 8 heteroatoms. The largest absolute Gasteiger partial charge is 0.460 e. The molecular formula is C13H11FN2O5. The van der Waals surface area contributed by atoms with Crippen LogP contribution in [0.4, 0.5) is 10.1 Å². The minimum absolute atomic E-state index is 0.140. The quantitative estimate of drug-likeness (QED) is 0.488. The molecule has 0 aliphatic heterocycles. The van der Waals surface area contributed by atoms with Gasteiger partial charge in [-0.05, 0) is 26.0 Å². The Balaban J connectivity index is 2.53. The van der Waals surface area contributed by atoms with Crippen LogP contribution < -0.4 is 0 Å². The highest BCUT2D eigenvalue weighted by Crippen LogP contribution is 2.31. The van der Waals surface area contributed by atoms with Gasteiger partial charge in [-0.15, -0.1) is 0 Å². The zero-order valence-corrected chi connectivity index (χ0v) is 11.3. The summed E-state index contributed by atoms with van der Waals surface area (Å²) in [4.78, 5) is 25.8. The average Bonchev–Trinajstić information content (AvgIpc) is 2.80. The lowest BCUT2D eigenvalue weighted by Gasteiger charge is -1.99. The van der Waals surface area contributed by atoms with Crippen molar-refractivity contribution in [3.63, 3.8) is 0 Å². The van der Waals surface area contributed by atoms with Crippen molar-refractivity contribution in [2.45, 2.75) is 13.8 Å². The number of carbonyl (C=O) groups excluding carboxylic acids is 1. The van der Waals surface area contributed by atoms with Crippen molar-refractivity contribution in [2.24, 2.45) is 0 Å². The van der Waals surface area contributed by atoms with E-state index in [-0.39, 0.29) is 35.2 Å². The van der Waals surface area contributed by atoms with Gasteiger partial charge in [-0.25, -0.2) is 14.2 Å². The topological polar surface area (TPSA) is 95.5 Å². The third-order valence-corrected chi connectivity index (χ3v) is 2.64. The van der Waals surface area contributed by atoms with Gasteiger partial charge in [0.15, 0.2) is 0 Å². The molecule has 7 nitrogen and oxygen atoms in total. The van der Waals surface area contributed by atoms with E-state index in [0.29, 0.717) is 0 Å². The van der Waals surface area contributed by atoms with Gasteiger partial charge in [0.25, 0.3) is 5.69 Å². The van der Waals surface area contributed by atoms with Crippen molar-refractivity contribution in [1.82, 2.24) is 4.98 Å². The van der Waals surface area contributed by atoms with Crippen LogP contribution in [0.25, 0.3) is 11.5 Å². The van der Waals surface area contributed by atoms with Gasteiger partial charge in [0.2, 0.25) is 11.7 Å². The Morgan fingerprint density at radius 2 is 2.24 bits per heavy atom. The van der Waals surface area contributed by atoms with Crippen molar-refractivity contribution in [3.8, 4) is 11.5 Å². The molecule has 2 rings (SSSR count). The van der Waals surface area contributed by atoms with E-state index in [1.807, 2.05) is 0 Å². The van der Waals surface area contributed by atoms with Gasteiger partial charge in [0.05, 0.1) is 17.2 Å². The molecule has 110 valence electrons. The van der Waals surface area contributed by atoms with Crippen LogP contribution in [0.5, 0.6) is 0 Å². The summed E-state index contributed by atoms with van der Waals surface area (Å²) in [5.74, 6) is -1.77. The monoisotopic (exact) mass is 294 g/mol. The van der Waals surface area contributed by atoms with E-state index < -0.39 is 16.7 Å². The van der Waals surface area contributed by atoms with Gasteiger partial charge < -0.3 is 9.15 Å². The standard InChI is InChI=1S/C13H11FN2O5/c1-3-20-13(17)11-7(2)15-12(21-11)9-6-8(14)4-5-10(9)16(18)19/h4-6H,3H2,1-2H3. The fourth-order valence-corrected chi connectivity index (χ4v) is 1.74. The van der Waals surface area contributed by atoms with E-state index in [1.165, 1.54) is 6.92 Å². The molecule has 0 saturated carbocycles. The summed E-state index contributed by atoms with van der Waals surface area (Å²) in [6, 6.07) is 2.90. The van der Waals surface area contributed by atoms with Crippen LogP contribution >= 0.6 is 0 Å². The Bertz CT molecular complexity index is 711. The summed E-state index contributed by atoms with van der Waals surface area (Å²) in [5.41, 5.74) is -0.297. The van der Waals surface area contributed by atoms with E-state index >= 15 is 0 Å². The SMILES string of the molecule is CCOC(=O)c1oc(-c2cc(F)ccc2[N+](=O)[O-])nc1C. The second-order valence-corrected chi connectivity index (χ2v) is 4.07. The maximum Gasteiger partial charge on any atom is 0.376 e. The number of carbonyl (C=O) groups is 1. The molecule has 0 radical (unpaired) electrons. The van der Waals surface area contributed by atoms with Crippen molar-refractivity contribution in [1.29, 1.82) is 0 Å². The number of oxazole rings is 1. The number of hydrogen-bond donors (Lipinski definition) is 0. The first-order chi connectivity index (χ1) is 9.93. The molecule has 0 unspecified atom stereocenters.